The van der Waals surface area contributed by atoms with E-state index in [0.717, 1.165) is 42.1 Å². The van der Waals surface area contributed by atoms with Crippen LogP contribution in [0.5, 0.6) is 0 Å². The lowest BCUT2D eigenvalue weighted by atomic mass is 9.95. The normalized spacial score (nSPS) is 15.9. The van der Waals surface area contributed by atoms with Crippen molar-refractivity contribution in [3.05, 3.63) is 60.2 Å². The van der Waals surface area contributed by atoms with Gasteiger partial charge in [-0.2, -0.15) is 0 Å². The molecule has 4 rings (SSSR count). The summed E-state index contributed by atoms with van der Waals surface area (Å²) in [4.78, 5) is 24.3. The molecule has 1 aliphatic rings. The van der Waals surface area contributed by atoms with E-state index in [1.807, 2.05) is 54.4 Å². The molecular formula is C22H26N4O. The van der Waals surface area contributed by atoms with Crippen molar-refractivity contribution in [1.82, 2.24) is 19.4 Å². The molecule has 5 nitrogen and oxygen atoms in total. The van der Waals surface area contributed by atoms with E-state index in [4.69, 9.17) is 4.98 Å². The topological polar surface area (TPSA) is 51.0 Å². The number of carbonyl (C=O) groups is 1. The Bertz CT molecular complexity index is 941. The lowest BCUT2D eigenvalue weighted by molar-refractivity contribution is -0.138. The van der Waals surface area contributed by atoms with Crippen LogP contribution in [0.3, 0.4) is 0 Å². The van der Waals surface area contributed by atoms with Gasteiger partial charge >= 0.3 is 0 Å². The number of aromatic nitrogens is 3. The molecule has 2 aromatic heterocycles. The number of hydrogen-bond donors (Lipinski definition) is 0. The van der Waals surface area contributed by atoms with E-state index < -0.39 is 0 Å². The number of benzene rings is 1. The van der Waals surface area contributed by atoms with E-state index in [0.29, 0.717) is 11.8 Å². The van der Waals surface area contributed by atoms with Crippen LogP contribution in [0.15, 0.2) is 48.7 Å². The first kappa shape index (κ1) is 17.7. The minimum atomic E-state index is -0.254. The second-order valence-corrected chi connectivity index (χ2v) is 7.86. The molecular weight excluding hydrogens is 336 g/mol. The zero-order valence-corrected chi connectivity index (χ0v) is 16.2. The lowest BCUT2D eigenvalue weighted by Gasteiger charge is -2.40. The molecule has 1 fully saturated rings. The summed E-state index contributed by atoms with van der Waals surface area (Å²) in [6.45, 7) is 7.85. The maximum Gasteiger partial charge on any atom is 0.245 e. The van der Waals surface area contributed by atoms with Crippen LogP contribution in [-0.2, 0) is 11.2 Å². The maximum atomic E-state index is 13.1. The van der Waals surface area contributed by atoms with E-state index in [1.54, 1.807) is 0 Å². The molecule has 3 heterocycles. The summed E-state index contributed by atoms with van der Waals surface area (Å²) in [6, 6.07) is 13.8. The predicted molar refractivity (Wildman–Crippen MR) is 107 cm³/mol. The van der Waals surface area contributed by atoms with Gasteiger partial charge in [-0.1, -0.05) is 32.0 Å². The van der Waals surface area contributed by atoms with Crippen LogP contribution in [0, 0.1) is 5.92 Å². The van der Waals surface area contributed by atoms with Crippen LogP contribution < -0.4 is 0 Å². The van der Waals surface area contributed by atoms with Crippen molar-refractivity contribution in [1.29, 1.82) is 0 Å². The molecule has 1 aliphatic heterocycles. The lowest BCUT2D eigenvalue weighted by Crippen LogP contribution is -2.50. The number of hydrogen-bond acceptors (Lipinski definition) is 3. The quantitative estimate of drug-likeness (QED) is 0.693. The molecule has 5 heteroatoms. The number of likely N-dealkylation sites (tertiary alicyclic amines) is 1. The van der Waals surface area contributed by atoms with Gasteiger partial charge in [0, 0.05) is 37.3 Å². The zero-order valence-electron chi connectivity index (χ0n) is 16.2. The number of nitrogens with zero attached hydrogens (tertiary/aromatic N) is 4. The smallest absolute Gasteiger partial charge is 0.245 e. The van der Waals surface area contributed by atoms with Gasteiger partial charge in [0.2, 0.25) is 5.91 Å². The Morgan fingerprint density at radius 2 is 1.85 bits per heavy atom. The minimum Gasteiger partial charge on any atom is -0.339 e. The molecule has 0 N–H and O–H groups in total. The molecule has 1 aromatic carbocycles. The Morgan fingerprint density at radius 1 is 1.11 bits per heavy atom. The van der Waals surface area contributed by atoms with Gasteiger partial charge in [0.15, 0.2) is 0 Å². The monoisotopic (exact) mass is 362 g/mol. The summed E-state index contributed by atoms with van der Waals surface area (Å²) in [5.74, 6) is 1.99. The molecule has 1 unspecified atom stereocenters. The Morgan fingerprint density at radius 3 is 2.56 bits per heavy atom. The van der Waals surface area contributed by atoms with Crippen LogP contribution in [-0.4, -0.2) is 38.4 Å². The van der Waals surface area contributed by atoms with E-state index in [2.05, 4.69) is 29.5 Å². The number of imidazole rings is 1. The number of amides is 1. The van der Waals surface area contributed by atoms with Crippen LogP contribution >= 0.6 is 0 Å². The number of para-hydroxylation sites is 2. The fraction of sp³-hybridized carbons (Fsp3) is 0.409. The van der Waals surface area contributed by atoms with Crippen LogP contribution in [0.1, 0.15) is 44.2 Å². The largest absolute Gasteiger partial charge is 0.339 e. The average Bonchev–Trinajstić information content (AvgIpc) is 2.97. The van der Waals surface area contributed by atoms with Crippen molar-refractivity contribution < 1.29 is 4.79 Å². The summed E-state index contributed by atoms with van der Waals surface area (Å²) >= 11 is 0. The van der Waals surface area contributed by atoms with E-state index in [-0.39, 0.29) is 11.9 Å². The van der Waals surface area contributed by atoms with E-state index in [9.17, 15) is 4.79 Å². The van der Waals surface area contributed by atoms with Crippen molar-refractivity contribution in [3.63, 3.8) is 0 Å². The standard InChI is InChI=1S/C22H26N4O/c1-15(2)12-21-24-19-9-4-5-10-20(19)26(21)16(3)22(27)25-13-17(14-25)18-8-6-7-11-23-18/h4-11,15-17H,12-14H2,1-3H3. The third-order valence-corrected chi connectivity index (χ3v) is 5.30. The maximum absolute atomic E-state index is 13.1. The number of fused-ring (bicyclic) bond motifs is 1. The zero-order chi connectivity index (χ0) is 19.0. The van der Waals surface area contributed by atoms with Crippen molar-refractivity contribution >= 4 is 16.9 Å². The highest BCUT2D eigenvalue weighted by Gasteiger charge is 2.35. The fourth-order valence-electron chi connectivity index (χ4n) is 3.87. The van der Waals surface area contributed by atoms with Crippen molar-refractivity contribution in [2.45, 2.75) is 39.2 Å². The van der Waals surface area contributed by atoms with Gasteiger partial charge in [0.25, 0.3) is 0 Å². The van der Waals surface area contributed by atoms with E-state index in [1.165, 1.54) is 0 Å². The first-order valence-corrected chi connectivity index (χ1v) is 9.70. The summed E-state index contributed by atoms with van der Waals surface area (Å²) in [5, 5.41) is 0. The fourth-order valence-corrected chi connectivity index (χ4v) is 3.87. The van der Waals surface area contributed by atoms with Crippen LogP contribution in [0.25, 0.3) is 11.0 Å². The van der Waals surface area contributed by atoms with Gasteiger partial charge in [-0.25, -0.2) is 4.98 Å². The molecule has 1 saturated heterocycles. The molecule has 0 radical (unpaired) electrons. The number of rotatable bonds is 5. The van der Waals surface area contributed by atoms with Crippen molar-refractivity contribution in [2.75, 3.05) is 13.1 Å². The van der Waals surface area contributed by atoms with Crippen molar-refractivity contribution in [3.8, 4) is 0 Å². The van der Waals surface area contributed by atoms with E-state index >= 15 is 0 Å². The first-order chi connectivity index (χ1) is 13.0. The Hall–Kier alpha value is -2.69. The highest BCUT2D eigenvalue weighted by molar-refractivity contribution is 5.84. The summed E-state index contributed by atoms with van der Waals surface area (Å²) in [7, 11) is 0. The summed E-state index contributed by atoms with van der Waals surface area (Å²) in [5.41, 5.74) is 3.07. The van der Waals surface area contributed by atoms with Crippen LogP contribution in [0.4, 0.5) is 0 Å². The van der Waals surface area contributed by atoms with Crippen LogP contribution in [0.2, 0.25) is 0 Å². The molecule has 140 valence electrons. The van der Waals surface area contributed by atoms with Gasteiger partial charge in [0.05, 0.1) is 11.0 Å². The SMILES string of the molecule is CC(C)Cc1nc2ccccc2n1C(C)C(=O)N1CC(c2ccccn2)C1. The van der Waals surface area contributed by atoms with Gasteiger partial charge in [0.1, 0.15) is 11.9 Å². The van der Waals surface area contributed by atoms with Gasteiger partial charge in [-0.15, -0.1) is 0 Å². The van der Waals surface area contributed by atoms with Gasteiger partial charge in [-0.05, 0) is 37.1 Å². The first-order valence-electron chi connectivity index (χ1n) is 9.70. The molecule has 1 atom stereocenters. The predicted octanol–water partition coefficient (Wildman–Crippen LogP) is 3.82. The molecule has 0 spiro atoms. The molecule has 0 bridgehead atoms. The number of pyridine rings is 1. The molecule has 0 saturated carbocycles. The second kappa shape index (κ2) is 7.14. The van der Waals surface area contributed by atoms with Gasteiger partial charge < -0.3 is 9.47 Å². The number of carbonyl (C=O) groups excluding carboxylic acids is 1. The Labute approximate surface area is 160 Å². The Balaban J connectivity index is 1.56. The second-order valence-electron chi connectivity index (χ2n) is 7.86. The Kier molecular flexibility index (Phi) is 4.68. The highest BCUT2D eigenvalue weighted by atomic mass is 16.2. The van der Waals surface area contributed by atoms with Crippen molar-refractivity contribution in [2.24, 2.45) is 5.92 Å². The molecule has 3 aromatic rings. The third kappa shape index (κ3) is 3.34. The summed E-state index contributed by atoms with van der Waals surface area (Å²) in [6.07, 6.45) is 2.68. The molecule has 27 heavy (non-hydrogen) atoms. The summed E-state index contributed by atoms with van der Waals surface area (Å²) < 4.78 is 2.13. The molecule has 0 aliphatic carbocycles. The average molecular weight is 362 g/mol. The van der Waals surface area contributed by atoms with Gasteiger partial charge in [-0.3, -0.25) is 9.78 Å². The minimum absolute atomic E-state index is 0.162. The molecule has 1 amide bonds. The third-order valence-electron chi connectivity index (χ3n) is 5.30. The highest BCUT2D eigenvalue weighted by Crippen LogP contribution is 2.30.